The van der Waals surface area contributed by atoms with E-state index in [0.717, 1.165) is 0 Å². The summed E-state index contributed by atoms with van der Waals surface area (Å²) >= 11 is 0.669. The lowest BCUT2D eigenvalue weighted by molar-refractivity contribution is 0.473. The number of rotatable bonds is 4. The third-order valence-electron chi connectivity index (χ3n) is 3.07. The van der Waals surface area contributed by atoms with Crippen LogP contribution in [0.15, 0.2) is 19.5 Å². The topological polar surface area (TPSA) is 119 Å². The molecule has 1 aliphatic heterocycles. The van der Waals surface area contributed by atoms with Crippen molar-refractivity contribution in [1.82, 2.24) is 5.32 Å². The van der Waals surface area contributed by atoms with Crippen LogP contribution in [0.5, 0.6) is 0 Å². The lowest BCUT2D eigenvalue weighted by Gasteiger charge is -2.27. The fraction of sp³-hybridized carbons (Fsp3) is 0.500. The standard InChI is InChI=1S/C10H15N3O4S3/c1-3-13-7-5-8(12-2)19(14,15)10-6(7)4-9(18-10)20(11,16)17/h4,7-8,13H,2-3,5H2,1H3,(H2,11,16,17). The first kappa shape index (κ1) is 15.6. The third-order valence-corrected chi connectivity index (χ3v) is 8.19. The summed E-state index contributed by atoms with van der Waals surface area (Å²) in [5.74, 6) is 0. The molecular weight excluding hydrogens is 322 g/mol. The van der Waals surface area contributed by atoms with E-state index in [1.165, 1.54) is 6.07 Å². The first-order valence-corrected chi connectivity index (χ1v) is 9.72. The predicted octanol–water partition coefficient (Wildman–Crippen LogP) is 0.250. The molecule has 10 heteroatoms. The van der Waals surface area contributed by atoms with Gasteiger partial charge < -0.3 is 5.32 Å². The molecule has 0 fully saturated rings. The van der Waals surface area contributed by atoms with Crippen molar-refractivity contribution in [3.05, 3.63) is 11.6 Å². The van der Waals surface area contributed by atoms with E-state index in [2.05, 4.69) is 17.0 Å². The number of nitrogens with one attached hydrogen (secondary N) is 1. The zero-order valence-corrected chi connectivity index (χ0v) is 13.2. The molecule has 0 saturated carbocycles. The summed E-state index contributed by atoms with van der Waals surface area (Å²) in [5, 5.41) is 7.24. The largest absolute Gasteiger partial charge is 0.310 e. The molecule has 0 aromatic carbocycles. The van der Waals surface area contributed by atoms with Crippen molar-refractivity contribution in [2.75, 3.05) is 6.54 Å². The van der Waals surface area contributed by atoms with Gasteiger partial charge in [0.05, 0.1) is 0 Å². The van der Waals surface area contributed by atoms with E-state index < -0.39 is 25.2 Å². The Morgan fingerprint density at radius 1 is 1.60 bits per heavy atom. The number of nitrogens with two attached hydrogens (primary N) is 1. The molecule has 1 aromatic rings. The average molecular weight is 337 g/mol. The Morgan fingerprint density at radius 3 is 2.75 bits per heavy atom. The van der Waals surface area contributed by atoms with E-state index in [1.807, 2.05) is 6.92 Å². The van der Waals surface area contributed by atoms with Crippen molar-refractivity contribution < 1.29 is 16.8 Å². The maximum absolute atomic E-state index is 12.3. The fourth-order valence-corrected chi connectivity index (χ4v) is 6.50. The normalized spacial score (nSPS) is 25.1. The minimum atomic E-state index is -3.93. The molecule has 0 radical (unpaired) electrons. The molecule has 0 saturated heterocycles. The third kappa shape index (κ3) is 2.53. The van der Waals surface area contributed by atoms with Crippen LogP contribution in [-0.2, 0) is 19.9 Å². The van der Waals surface area contributed by atoms with Crippen LogP contribution in [-0.4, -0.2) is 35.5 Å². The van der Waals surface area contributed by atoms with Crippen molar-refractivity contribution in [3.63, 3.8) is 0 Å². The Balaban J connectivity index is 2.67. The molecule has 2 rings (SSSR count). The smallest absolute Gasteiger partial charge is 0.247 e. The lowest BCUT2D eigenvalue weighted by Crippen LogP contribution is -2.33. The van der Waals surface area contributed by atoms with Crippen LogP contribution in [0.4, 0.5) is 0 Å². The Kier molecular flexibility index (Phi) is 4.04. The summed E-state index contributed by atoms with van der Waals surface area (Å²) < 4.78 is 47.4. The zero-order chi connectivity index (χ0) is 15.1. The maximum Gasteiger partial charge on any atom is 0.247 e. The van der Waals surface area contributed by atoms with Gasteiger partial charge in [-0.25, -0.2) is 22.0 Å². The van der Waals surface area contributed by atoms with Crippen LogP contribution in [0, 0.1) is 0 Å². The molecule has 0 aliphatic carbocycles. The van der Waals surface area contributed by atoms with Crippen LogP contribution in [0.1, 0.15) is 24.9 Å². The molecule has 3 N–H and O–H groups in total. The summed E-state index contributed by atoms with van der Waals surface area (Å²) in [6.45, 7) is 5.81. The molecule has 2 heterocycles. The molecule has 7 nitrogen and oxygen atoms in total. The van der Waals surface area contributed by atoms with Gasteiger partial charge in [-0.1, -0.05) is 6.92 Å². The van der Waals surface area contributed by atoms with E-state index in [4.69, 9.17) is 5.14 Å². The molecular formula is C10H15N3O4S3. The van der Waals surface area contributed by atoms with Crippen LogP contribution in [0.25, 0.3) is 0 Å². The van der Waals surface area contributed by atoms with Gasteiger partial charge in [-0.2, -0.15) is 0 Å². The quantitative estimate of drug-likeness (QED) is 0.763. The predicted molar refractivity (Wildman–Crippen MR) is 77.2 cm³/mol. The van der Waals surface area contributed by atoms with Crippen molar-refractivity contribution in [2.24, 2.45) is 10.1 Å². The Labute approximate surface area is 121 Å². The summed E-state index contributed by atoms with van der Waals surface area (Å²) in [7, 11) is -7.62. The number of hydrogen-bond donors (Lipinski definition) is 2. The zero-order valence-electron chi connectivity index (χ0n) is 10.7. The Morgan fingerprint density at radius 2 is 2.25 bits per heavy atom. The van der Waals surface area contributed by atoms with Gasteiger partial charge in [0.15, 0.2) is 5.37 Å². The van der Waals surface area contributed by atoms with Crippen molar-refractivity contribution in [3.8, 4) is 0 Å². The van der Waals surface area contributed by atoms with Gasteiger partial charge in [-0.15, -0.1) is 11.3 Å². The van der Waals surface area contributed by atoms with Gasteiger partial charge in [0.25, 0.3) is 0 Å². The second-order valence-electron chi connectivity index (χ2n) is 4.38. The number of thiophene rings is 1. The minimum Gasteiger partial charge on any atom is -0.310 e. The van der Waals surface area contributed by atoms with Gasteiger partial charge in [0.2, 0.25) is 19.9 Å². The maximum atomic E-state index is 12.3. The molecule has 20 heavy (non-hydrogen) atoms. The summed E-state index contributed by atoms with van der Waals surface area (Å²) in [4.78, 5) is 3.65. The number of aliphatic imine (C=N–C) groups is 1. The highest BCUT2D eigenvalue weighted by atomic mass is 32.3. The van der Waals surface area contributed by atoms with Crippen molar-refractivity contribution in [1.29, 1.82) is 0 Å². The minimum absolute atomic E-state index is 0.0103. The van der Waals surface area contributed by atoms with Crippen molar-refractivity contribution in [2.45, 2.75) is 33.2 Å². The van der Waals surface area contributed by atoms with Gasteiger partial charge in [-0.3, -0.25) is 4.99 Å². The first-order valence-electron chi connectivity index (χ1n) is 5.81. The number of primary sulfonamides is 1. The number of fused-ring (bicyclic) bond motifs is 1. The van der Waals surface area contributed by atoms with E-state index in [1.54, 1.807) is 0 Å². The van der Waals surface area contributed by atoms with Gasteiger partial charge >= 0.3 is 0 Å². The molecule has 2 unspecified atom stereocenters. The summed E-state index contributed by atoms with van der Waals surface area (Å²) in [6.07, 6.45) is 0.230. The second kappa shape index (κ2) is 5.19. The summed E-state index contributed by atoms with van der Waals surface area (Å²) in [6, 6.07) is 1.06. The highest BCUT2D eigenvalue weighted by Gasteiger charge is 2.40. The molecule has 1 aliphatic rings. The molecule has 0 spiro atoms. The number of sulfone groups is 1. The highest BCUT2D eigenvalue weighted by molar-refractivity contribution is 7.95. The highest BCUT2D eigenvalue weighted by Crippen LogP contribution is 2.42. The Bertz CT molecular complexity index is 736. The SMILES string of the molecule is C=NC1CC(NCC)c2cc(S(N)(=O)=O)sc2S1(=O)=O. The average Bonchev–Trinajstić information content (AvgIpc) is 2.78. The second-order valence-corrected chi connectivity index (χ2v) is 9.52. The van der Waals surface area contributed by atoms with E-state index >= 15 is 0 Å². The van der Waals surface area contributed by atoms with E-state index in [0.29, 0.717) is 23.4 Å². The van der Waals surface area contributed by atoms with Crippen molar-refractivity contribution >= 4 is 37.9 Å². The molecule has 0 bridgehead atoms. The van der Waals surface area contributed by atoms with Gasteiger partial charge in [-0.05, 0) is 19.3 Å². The molecule has 0 amide bonds. The van der Waals surface area contributed by atoms with Crippen LogP contribution < -0.4 is 10.5 Å². The Hall–Kier alpha value is -0.810. The van der Waals surface area contributed by atoms with Crippen LogP contribution in [0.2, 0.25) is 0 Å². The van der Waals surface area contributed by atoms with Gasteiger partial charge in [0.1, 0.15) is 8.42 Å². The number of hydrogen-bond acceptors (Lipinski definition) is 7. The fourth-order valence-electron chi connectivity index (χ4n) is 2.16. The van der Waals surface area contributed by atoms with Crippen LogP contribution >= 0.6 is 11.3 Å². The van der Waals surface area contributed by atoms with Crippen LogP contribution in [0.3, 0.4) is 0 Å². The van der Waals surface area contributed by atoms with Gasteiger partial charge in [0, 0.05) is 18.0 Å². The lowest BCUT2D eigenvalue weighted by atomic mass is 10.1. The molecule has 1 aromatic heterocycles. The molecule has 2 atom stereocenters. The van der Waals surface area contributed by atoms with E-state index in [9.17, 15) is 16.8 Å². The monoisotopic (exact) mass is 337 g/mol. The first-order chi connectivity index (χ1) is 9.21. The molecule has 112 valence electrons. The number of nitrogens with zero attached hydrogens (tertiary/aromatic N) is 1. The summed E-state index contributed by atoms with van der Waals surface area (Å²) in [5.41, 5.74) is 0.445. The number of sulfonamides is 1. The van der Waals surface area contributed by atoms with E-state index in [-0.39, 0.29) is 20.9 Å².